The Kier molecular flexibility index (Phi) is 8.31. The highest BCUT2D eigenvalue weighted by Crippen LogP contribution is 2.46. The SMILES string of the molecule is CCN(C(=O)OCC[C@@H]1[C@@H](C/C=C\CCCC(=O)O)[C@H]2CC[C@@H]1O2)c1ccccc1. The summed E-state index contributed by atoms with van der Waals surface area (Å²) in [6, 6.07) is 9.58. The number of para-hydroxylation sites is 1. The fourth-order valence-corrected chi connectivity index (χ4v) is 4.72. The van der Waals surface area contributed by atoms with E-state index in [2.05, 4.69) is 12.2 Å². The molecule has 2 saturated heterocycles. The largest absolute Gasteiger partial charge is 0.481 e. The third-order valence-electron chi connectivity index (χ3n) is 6.21. The third-order valence-corrected chi connectivity index (χ3v) is 6.21. The van der Waals surface area contributed by atoms with Crippen LogP contribution < -0.4 is 4.90 Å². The number of anilines is 1. The molecule has 0 spiro atoms. The minimum Gasteiger partial charge on any atom is -0.481 e. The molecule has 0 radical (unpaired) electrons. The molecule has 2 bridgehead atoms. The lowest BCUT2D eigenvalue weighted by Gasteiger charge is -2.27. The Morgan fingerprint density at radius 3 is 2.60 bits per heavy atom. The van der Waals surface area contributed by atoms with Crippen molar-refractivity contribution in [2.24, 2.45) is 11.8 Å². The Bertz CT molecular complexity index is 720. The molecule has 1 aromatic rings. The van der Waals surface area contributed by atoms with E-state index in [-0.39, 0.29) is 18.6 Å². The van der Waals surface area contributed by atoms with Crippen LogP contribution >= 0.6 is 0 Å². The van der Waals surface area contributed by atoms with Crippen molar-refractivity contribution in [2.75, 3.05) is 18.1 Å². The summed E-state index contributed by atoms with van der Waals surface area (Å²) in [6.45, 7) is 2.91. The Morgan fingerprint density at radius 1 is 1.17 bits per heavy atom. The van der Waals surface area contributed by atoms with Crippen molar-refractivity contribution in [3.05, 3.63) is 42.5 Å². The normalized spacial score (nSPS) is 25.0. The monoisotopic (exact) mass is 415 g/mol. The van der Waals surface area contributed by atoms with Crippen molar-refractivity contribution in [1.29, 1.82) is 0 Å². The van der Waals surface area contributed by atoms with Gasteiger partial charge < -0.3 is 14.6 Å². The molecule has 1 amide bonds. The van der Waals surface area contributed by atoms with Gasteiger partial charge in [-0.1, -0.05) is 30.4 Å². The van der Waals surface area contributed by atoms with Crippen LogP contribution in [-0.2, 0) is 14.3 Å². The second-order valence-electron chi connectivity index (χ2n) is 8.09. The van der Waals surface area contributed by atoms with Gasteiger partial charge in [-0.25, -0.2) is 4.79 Å². The van der Waals surface area contributed by atoms with Gasteiger partial charge in [0.2, 0.25) is 0 Å². The van der Waals surface area contributed by atoms with Crippen molar-refractivity contribution in [2.45, 2.75) is 64.1 Å². The summed E-state index contributed by atoms with van der Waals surface area (Å²) in [4.78, 5) is 24.8. The van der Waals surface area contributed by atoms with Crippen LogP contribution in [0.5, 0.6) is 0 Å². The molecule has 6 heteroatoms. The topological polar surface area (TPSA) is 76.1 Å². The second-order valence-corrected chi connectivity index (χ2v) is 8.09. The number of hydrogen-bond donors (Lipinski definition) is 1. The number of unbranched alkanes of at least 4 members (excludes halogenated alkanes) is 1. The molecular weight excluding hydrogens is 382 g/mol. The summed E-state index contributed by atoms with van der Waals surface area (Å²) in [7, 11) is 0. The Morgan fingerprint density at radius 2 is 1.90 bits per heavy atom. The van der Waals surface area contributed by atoms with Gasteiger partial charge in [0.15, 0.2) is 0 Å². The van der Waals surface area contributed by atoms with Crippen LogP contribution in [0, 0.1) is 11.8 Å². The van der Waals surface area contributed by atoms with Gasteiger partial charge in [-0.05, 0) is 69.4 Å². The van der Waals surface area contributed by atoms with Gasteiger partial charge in [0, 0.05) is 18.7 Å². The highest BCUT2D eigenvalue weighted by Gasteiger charge is 2.47. The summed E-state index contributed by atoms with van der Waals surface area (Å²) >= 11 is 0. The molecule has 6 nitrogen and oxygen atoms in total. The Labute approximate surface area is 178 Å². The molecule has 0 saturated carbocycles. The molecule has 30 heavy (non-hydrogen) atoms. The Hall–Kier alpha value is -2.34. The highest BCUT2D eigenvalue weighted by molar-refractivity contribution is 5.87. The van der Waals surface area contributed by atoms with Crippen molar-refractivity contribution in [3.8, 4) is 0 Å². The van der Waals surface area contributed by atoms with Crippen LogP contribution in [0.25, 0.3) is 0 Å². The van der Waals surface area contributed by atoms with Crippen molar-refractivity contribution in [1.82, 2.24) is 0 Å². The number of carboxylic acid groups (broad SMARTS) is 1. The molecule has 2 heterocycles. The van der Waals surface area contributed by atoms with Gasteiger partial charge in [-0.15, -0.1) is 0 Å². The molecule has 0 aliphatic carbocycles. The number of allylic oxidation sites excluding steroid dienone is 2. The molecule has 1 aromatic carbocycles. The molecule has 0 unspecified atom stereocenters. The van der Waals surface area contributed by atoms with Crippen LogP contribution in [0.4, 0.5) is 10.5 Å². The lowest BCUT2D eigenvalue weighted by Crippen LogP contribution is -2.33. The predicted octanol–water partition coefficient (Wildman–Crippen LogP) is 5.03. The van der Waals surface area contributed by atoms with E-state index in [1.165, 1.54) is 0 Å². The first-order valence-corrected chi connectivity index (χ1v) is 11.1. The number of rotatable bonds is 11. The minimum atomic E-state index is -0.742. The summed E-state index contributed by atoms with van der Waals surface area (Å²) in [5.74, 6) is 0.120. The zero-order chi connectivity index (χ0) is 21.3. The summed E-state index contributed by atoms with van der Waals surface area (Å²) in [5.41, 5.74) is 0.846. The van der Waals surface area contributed by atoms with Crippen molar-refractivity contribution in [3.63, 3.8) is 0 Å². The van der Waals surface area contributed by atoms with E-state index < -0.39 is 5.97 Å². The smallest absolute Gasteiger partial charge is 0.414 e. The van der Waals surface area contributed by atoms with E-state index in [0.717, 1.165) is 37.8 Å². The first-order chi connectivity index (χ1) is 14.6. The predicted molar refractivity (Wildman–Crippen MR) is 116 cm³/mol. The standard InChI is InChI=1S/C24H33NO5/c1-2-25(18-10-6-5-7-11-18)24(28)29-17-16-20-19(21-14-15-22(20)30-21)12-8-3-4-9-13-23(26)27/h3,5-8,10-11,19-22H,2,4,9,12-17H2,1H3,(H,26,27)/b8-3-/t19-,20-,21-,22+/m1/s1. The summed E-state index contributed by atoms with van der Waals surface area (Å²) < 4.78 is 11.7. The van der Waals surface area contributed by atoms with Gasteiger partial charge in [0.1, 0.15) is 0 Å². The van der Waals surface area contributed by atoms with Gasteiger partial charge in [-0.2, -0.15) is 0 Å². The lowest BCUT2D eigenvalue weighted by molar-refractivity contribution is -0.137. The number of amides is 1. The van der Waals surface area contributed by atoms with E-state index in [9.17, 15) is 9.59 Å². The number of hydrogen-bond acceptors (Lipinski definition) is 4. The molecule has 2 aliphatic heterocycles. The molecule has 3 rings (SSSR count). The number of fused-ring (bicyclic) bond motifs is 2. The number of carbonyl (C=O) groups excluding carboxylic acids is 1. The zero-order valence-corrected chi connectivity index (χ0v) is 17.7. The maximum absolute atomic E-state index is 12.5. The number of ether oxygens (including phenoxy) is 2. The molecule has 164 valence electrons. The zero-order valence-electron chi connectivity index (χ0n) is 17.7. The number of carbonyl (C=O) groups is 2. The first kappa shape index (κ1) is 22.3. The lowest BCUT2D eigenvalue weighted by atomic mass is 9.76. The van der Waals surface area contributed by atoms with Crippen LogP contribution in [0.3, 0.4) is 0 Å². The second kappa shape index (κ2) is 11.2. The van der Waals surface area contributed by atoms with Crippen LogP contribution in [0.1, 0.15) is 51.9 Å². The molecule has 1 N–H and O–H groups in total. The fourth-order valence-electron chi connectivity index (χ4n) is 4.72. The number of nitrogens with zero attached hydrogens (tertiary/aromatic N) is 1. The minimum absolute atomic E-state index is 0.216. The third kappa shape index (κ3) is 5.85. The molecular formula is C24H33NO5. The maximum atomic E-state index is 12.5. The average molecular weight is 416 g/mol. The Balaban J connectivity index is 1.45. The van der Waals surface area contributed by atoms with E-state index in [1.54, 1.807) is 4.90 Å². The van der Waals surface area contributed by atoms with Gasteiger partial charge >= 0.3 is 12.1 Å². The number of carboxylic acids is 1. The molecule has 0 aromatic heterocycles. The van der Waals surface area contributed by atoms with Crippen LogP contribution in [0.2, 0.25) is 0 Å². The number of aliphatic carboxylic acids is 1. The molecule has 2 fully saturated rings. The van der Waals surface area contributed by atoms with Gasteiger partial charge in [-0.3, -0.25) is 9.69 Å². The highest BCUT2D eigenvalue weighted by atomic mass is 16.6. The summed E-state index contributed by atoms with van der Waals surface area (Å²) in [6.07, 6.45) is 10.2. The quantitative estimate of drug-likeness (QED) is 0.405. The molecule has 4 atom stereocenters. The van der Waals surface area contributed by atoms with Crippen molar-refractivity contribution < 1.29 is 24.2 Å². The first-order valence-electron chi connectivity index (χ1n) is 11.1. The summed E-state index contributed by atoms with van der Waals surface area (Å²) in [5, 5.41) is 8.71. The number of benzene rings is 1. The van der Waals surface area contributed by atoms with Gasteiger partial charge in [0.25, 0.3) is 0 Å². The van der Waals surface area contributed by atoms with E-state index in [4.69, 9.17) is 14.6 Å². The molecule has 2 aliphatic rings. The van der Waals surface area contributed by atoms with E-state index >= 15 is 0 Å². The van der Waals surface area contributed by atoms with Gasteiger partial charge in [0.05, 0.1) is 18.8 Å². The van der Waals surface area contributed by atoms with E-state index in [1.807, 2.05) is 37.3 Å². The fraction of sp³-hybridized carbons (Fsp3) is 0.583. The van der Waals surface area contributed by atoms with E-state index in [0.29, 0.717) is 37.5 Å². The maximum Gasteiger partial charge on any atom is 0.414 e. The van der Waals surface area contributed by atoms with Crippen LogP contribution in [-0.4, -0.2) is 42.5 Å². The average Bonchev–Trinajstić information content (AvgIpc) is 3.34. The van der Waals surface area contributed by atoms with Crippen LogP contribution in [0.15, 0.2) is 42.5 Å². The van der Waals surface area contributed by atoms with Crippen molar-refractivity contribution >= 4 is 17.7 Å².